The monoisotopic (exact) mass is 331 g/mol. The van der Waals surface area contributed by atoms with Gasteiger partial charge in [0, 0.05) is 9.75 Å². The zero-order valence-electron chi connectivity index (χ0n) is 11.1. The molecule has 0 saturated heterocycles. The van der Waals surface area contributed by atoms with Gasteiger partial charge in [-0.15, -0.1) is 22.7 Å². The molecule has 8 heteroatoms. The molecule has 0 spiro atoms. The third kappa shape index (κ3) is 2.87. The number of aryl methyl sites for hydroxylation is 3. The molecule has 2 aromatic rings. The van der Waals surface area contributed by atoms with E-state index in [1.807, 2.05) is 6.92 Å². The number of nitrogens with one attached hydrogen (secondary N) is 1. The number of rotatable bonds is 4. The Labute approximate surface area is 124 Å². The second-order valence-electron chi connectivity index (χ2n) is 4.31. The summed E-state index contributed by atoms with van der Waals surface area (Å²) in [4.78, 5) is 13.0. The Bertz CT molecular complexity index is 771. The van der Waals surface area contributed by atoms with Crippen LogP contribution in [0.4, 0.5) is 5.00 Å². The number of aromatic carboxylic acids is 1. The van der Waals surface area contributed by atoms with Crippen LogP contribution in [0.2, 0.25) is 0 Å². The Morgan fingerprint density at radius 3 is 2.30 bits per heavy atom. The summed E-state index contributed by atoms with van der Waals surface area (Å²) in [5.74, 6) is -1.06. The summed E-state index contributed by atoms with van der Waals surface area (Å²) in [6.07, 6.45) is 0. The molecule has 0 unspecified atom stereocenters. The minimum atomic E-state index is -3.67. The summed E-state index contributed by atoms with van der Waals surface area (Å²) in [6, 6.07) is 3.14. The van der Waals surface area contributed by atoms with Crippen LogP contribution < -0.4 is 4.72 Å². The molecule has 20 heavy (non-hydrogen) atoms. The highest BCUT2D eigenvalue weighted by atomic mass is 32.2. The number of sulfonamides is 1. The molecule has 0 radical (unpaired) electrons. The first-order chi connectivity index (χ1) is 9.20. The number of anilines is 1. The van der Waals surface area contributed by atoms with Crippen LogP contribution in [0, 0.1) is 20.8 Å². The van der Waals surface area contributed by atoms with Gasteiger partial charge in [-0.1, -0.05) is 0 Å². The first-order valence-electron chi connectivity index (χ1n) is 5.64. The van der Waals surface area contributed by atoms with Crippen molar-refractivity contribution >= 4 is 43.7 Å². The minimum Gasteiger partial charge on any atom is -0.477 e. The van der Waals surface area contributed by atoms with Crippen molar-refractivity contribution in [1.29, 1.82) is 0 Å². The third-order valence-electron chi connectivity index (χ3n) is 2.63. The predicted octanol–water partition coefficient (Wildman–Crippen LogP) is 3.23. The van der Waals surface area contributed by atoms with Gasteiger partial charge in [0.25, 0.3) is 10.0 Å². The maximum atomic E-state index is 12.3. The van der Waals surface area contributed by atoms with Gasteiger partial charge in [-0.3, -0.25) is 4.72 Å². The molecule has 108 valence electrons. The Hall–Kier alpha value is -1.38. The fourth-order valence-corrected chi connectivity index (χ4v) is 5.56. The molecule has 0 bridgehead atoms. The van der Waals surface area contributed by atoms with E-state index in [9.17, 15) is 13.2 Å². The van der Waals surface area contributed by atoms with Crippen LogP contribution in [0.5, 0.6) is 0 Å². The Morgan fingerprint density at radius 1 is 1.20 bits per heavy atom. The van der Waals surface area contributed by atoms with E-state index >= 15 is 0 Å². The SMILES string of the molecule is Cc1cc(S(=O)(=O)Nc2cc(C)c(C(=O)O)s2)c(C)s1. The Morgan fingerprint density at radius 2 is 1.85 bits per heavy atom. The summed E-state index contributed by atoms with van der Waals surface area (Å²) < 4.78 is 27.0. The van der Waals surface area contributed by atoms with Crippen molar-refractivity contribution < 1.29 is 18.3 Å². The smallest absolute Gasteiger partial charge is 0.346 e. The second-order valence-corrected chi connectivity index (χ2v) is 8.47. The van der Waals surface area contributed by atoms with Gasteiger partial charge >= 0.3 is 5.97 Å². The summed E-state index contributed by atoms with van der Waals surface area (Å²) in [7, 11) is -3.67. The van der Waals surface area contributed by atoms with Crippen LogP contribution in [0.3, 0.4) is 0 Å². The van der Waals surface area contributed by atoms with E-state index < -0.39 is 16.0 Å². The van der Waals surface area contributed by atoms with Crippen molar-refractivity contribution in [2.45, 2.75) is 25.7 Å². The maximum Gasteiger partial charge on any atom is 0.346 e. The lowest BCUT2D eigenvalue weighted by Gasteiger charge is -2.04. The van der Waals surface area contributed by atoms with E-state index in [0.717, 1.165) is 16.2 Å². The summed E-state index contributed by atoms with van der Waals surface area (Å²) in [5, 5.41) is 9.29. The molecule has 0 fully saturated rings. The summed E-state index contributed by atoms with van der Waals surface area (Å²) in [5.41, 5.74) is 0.540. The van der Waals surface area contributed by atoms with E-state index in [-0.39, 0.29) is 9.77 Å². The topological polar surface area (TPSA) is 83.5 Å². The van der Waals surface area contributed by atoms with E-state index in [2.05, 4.69) is 4.72 Å². The van der Waals surface area contributed by atoms with Crippen molar-refractivity contribution in [3.8, 4) is 0 Å². The van der Waals surface area contributed by atoms with Crippen molar-refractivity contribution in [3.05, 3.63) is 32.3 Å². The van der Waals surface area contributed by atoms with Crippen LogP contribution in [0.25, 0.3) is 0 Å². The molecule has 2 N–H and O–H groups in total. The molecule has 5 nitrogen and oxygen atoms in total. The van der Waals surface area contributed by atoms with Crippen molar-refractivity contribution in [2.24, 2.45) is 0 Å². The van der Waals surface area contributed by atoms with E-state index in [4.69, 9.17) is 5.11 Å². The van der Waals surface area contributed by atoms with Crippen LogP contribution >= 0.6 is 22.7 Å². The van der Waals surface area contributed by atoms with Gasteiger partial charge in [-0.25, -0.2) is 13.2 Å². The van der Waals surface area contributed by atoms with E-state index in [0.29, 0.717) is 15.4 Å². The van der Waals surface area contributed by atoms with E-state index in [1.165, 1.54) is 17.4 Å². The van der Waals surface area contributed by atoms with Gasteiger partial charge in [-0.2, -0.15) is 0 Å². The number of carboxylic acid groups (broad SMARTS) is 1. The van der Waals surface area contributed by atoms with Gasteiger partial charge in [-0.05, 0) is 38.5 Å². The number of hydrogen-bond acceptors (Lipinski definition) is 5. The maximum absolute atomic E-state index is 12.3. The molecular weight excluding hydrogens is 318 g/mol. The highest BCUT2D eigenvalue weighted by Gasteiger charge is 2.21. The molecule has 2 rings (SSSR count). The number of hydrogen-bond donors (Lipinski definition) is 2. The molecule has 2 heterocycles. The van der Waals surface area contributed by atoms with Crippen LogP contribution in [0.15, 0.2) is 17.0 Å². The molecule has 2 aromatic heterocycles. The quantitative estimate of drug-likeness (QED) is 0.901. The van der Waals surface area contributed by atoms with E-state index in [1.54, 1.807) is 19.9 Å². The number of carboxylic acids is 1. The fraction of sp³-hybridized carbons (Fsp3) is 0.250. The normalized spacial score (nSPS) is 11.6. The van der Waals surface area contributed by atoms with Gasteiger partial charge < -0.3 is 5.11 Å². The molecular formula is C12H13NO4S3. The van der Waals surface area contributed by atoms with Crippen molar-refractivity contribution in [2.75, 3.05) is 4.72 Å². The first kappa shape index (κ1) is 15.0. The molecule has 0 aromatic carbocycles. The Kier molecular flexibility index (Phi) is 3.90. The average Bonchev–Trinajstić information content (AvgIpc) is 2.81. The van der Waals surface area contributed by atoms with Gasteiger partial charge in [0.1, 0.15) is 14.8 Å². The number of carbonyl (C=O) groups is 1. The molecule has 0 saturated carbocycles. The first-order valence-corrected chi connectivity index (χ1v) is 8.76. The number of thiophene rings is 2. The van der Waals surface area contributed by atoms with Gasteiger partial charge in [0.2, 0.25) is 0 Å². The average molecular weight is 331 g/mol. The molecule has 0 atom stereocenters. The Balaban J connectivity index is 2.36. The lowest BCUT2D eigenvalue weighted by molar-refractivity contribution is 0.0701. The fourth-order valence-electron chi connectivity index (χ4n) is 1.81. The van der Waals surface area contributed by atoms with Crippen LogP contribution in [-0.4, -0.2) is 19.5 Å². The predicted molar refractivity (Wildman–Crippen MR) is 80.6 cm³/mol. The highest BCUT2D eigenvalue weighted by molar-refractivity contribution is 7.93. The molecule has 0 aliphatic heterocycles. The lowest BCUT2D eigenvalue weighted by atomic mass is 10.3. The summed E-state index contributed by atoms with van der Waals surface area (Å²) >= 11 is 2.33. The van der Waals surface area contributed by atoms with Crippen molar-refractivity contribution in [1.82, 2.24) is 0 Å². The van der Waals surface area contributed by atoms with Crippen LogP contribution in [0.1, 0.15) is 25.0 Å². The molecule has 0 amide bonds. The lowest BCUT2D eigenvalue weighted by Crippen LogP contribution is -2.12. The molecule has 0 aliphatic carbocycles. The largest absolute Gasteiger partial charge is 0.477 e. The third-order valence-corrected chi connectivity index (χ3v) is 6.49. The summed E-state index contributed by atoms with van der Waals surface area (Å²) in [6.45, 7) is 5.22. The minimum absolute atomic E-state index is 0.140. The second kappa shape index (κ2) is 5.19. The van der Waals surface area contributed by atoms with Gasteiger partial charge in [0.15, 0.2) is 0 Å². The van der Waals surface area contributed by atoms with Gasteiger partial charge in [0.05, 0.1) is 0 Å². The highest BCUT2D eigenvalue weighted by Crippen LogP contribution is 2.31. The molecule has 0 aliphatic rings. The zero-order valence-corrected chi connectivity index (χ0v) is 13.5. The van der Waals surface area contributed by atoms with Crippen molar-refractivity contribution in [3.63, 3.8) is 0 Å². The standard InChI is InChI=1S/C12H13NO4S3/c1-6-4-10(19-11(6)12(14)15)13-20(16,17)9-5-7(2)18-8(9)3/h4-5,13H,1-3H3,(H,14,15). The van der Waals surface area contributed by atoms with Crippen LogP contribution in [-0.2, 0) is 10.0 Å². The zero-order chi connectivity index (χ0) is 15.1.